The number of amides is 5. The Morgan fingerprint density at radius 3 is 1.04 bits per heavy atom. The van der Waals surface area contributed by atoms with Gasteiger partial charge in [-0.3, -0.25) is 28.8 Å². The minimum atomic E-state index is -1.38. The molecular formula is C74H73Cl4I32K6N11O7Si-2. The fourth-order valence-electron chi connectivity index (χ4n) is 8.15. The van der Waals surface area contributed by atoms with Crippen molar-refractivity contribution in [2.75, 3.05) is 0 Å². The van der Waals surface area contributed by atoms with Gasteiger partial charge in [-0.15, -0.1) is 12.0 Å². The fourth-order valence-corrected chi connectivity index (χ4v) is 1270. The average molecular weight is 5690 g/mol. The van der Waals surface area contributed by atoms with Crippen LogP contribution in [0.4, 0.5) is 0 Å². The molecule has 0 aliphatic rings. The number of rotatable bonds is 23. The van der Waals surface area contributed by atoms with Crippen molar-refractivity contribution < 1.29 is 60.4 Å². The van der Waals surface area contributed by atoms with Crippen molar-refractivity contribution in [1.29, 1.82) is 0 Å². The van der Waals surface area contributed by atoms with Crippen LogP contribution >= 0.6 is 506 Å². The Labute approximate surface area is 1220 Å². The van der Waals surface area contributed by atoms with Gasteiger partial charge in [-0.25, -0.2) is 29.9 Å². The Morgan fingerprint density at radius 2 is 0.711 bits per heavy atom. The van der Waals surface area contributed by atoms with Crippen LogP contribution in [0.2, 0.25) is 40.6 Å². The van der Waals surface area contributed by atoms with Crippen molar-refractivity contribution in [1.82, 2.24) is 29.9 Å². The van der Waals surface area contributed by atoms with Crippen molar-refractivity contribution >= 4 is 739 Å². The van der Waals surface area contributed by atoms with Crippen molar-refractivity contribution in [3.8, 4) is 35.6 Å². The van der Waals surface area contributed by atoms with Gasteiger partial charge in [-0.1, -0.05) is 164 Å². The van der Waals surface area contributed by atoms with Gasteiger partial charge >= 0.3 is 636 Å². The number of hydrogen-bond donors (Lipinski definition) is 6. The summed E-state index contributed by atoms with van der Waals surface area (Å²) in [6, 6.07) is 45.3. The topological polar surface area (TPSA) is 330 Å². The third-order valence-corrected chi connectivity index (χ3v) is 1170. The van der Waals surface area contributed by atoms with Crippen LogP contribution in [0.5, 0.6) is 0 Å². The number of terminal acetylenes is 1. The van der Waals surface area contributed by atoms with E-state index in [9.17, 15) is 28.8 Å². The minimum absolute atomic E-state index is 0.110. The SMILES string of the molecule is C#Cc1ccccc1CC(N)=O.C[Si](C)(C)C#Cc1ccccc1CC(N)=O.Cc1cnc(Cl)nc1C#Cc1ccccc1CC(N)=O.Cc1cnc(Cl)nc1CCc1ccccc1CC(N)=O.Cc1cnc(Cl)nc1Cl.II(I)I(I)I.II(I)I(I)I(I)I.I[I-]I(I)I(I)I.I[I-]I(I)I(I)I(I)I.NC(=O)Cc1ccccc1I.O=C(O)Cc1ccccc1I.[K][K].[K][K].[K][K]. The number of carboxylic acid groups (broad SMARTS) is 1. The summed E-state index contributed by atoms with van der Waals surface area (Å²) in [6.07, 6.45) is 13.0. The zero-order chi connectivity index (χ0) is 105. The second-order valence-electron chi connectivity index (χ2n) is 23.9. The zero-order valence-electron chi connectivity index (χ0n) is 72.4. The van der Waals surface area contributed by atoms with E-state index in [1.807, 2.05) is 154 Å². The van der Waals surface area contributed by atoms with Crippen molar-refractivity contribution in [3.63, 3.8) is 0 Å². The summed E-state index contributed by atoms with van der Waals surface area (Å²) in [7, 11) is -4.24. The number of benzene rings is 6. The molecule has 0 bridgehead atoms. The van der Waals surface area contributed by atoms with Gasteiger partial charge in [0.05, 0.1) is 38.5 Å². The van der Waals surface area contributed by atoms with E-state index in [4.69, 9.17) is 86.6 Å². The predicted octanol–water partition coefficient (Wildman–Crippen LogP) is 28.6. The molecule has 11 N–H and O–H groups in total. The van der Waals surface area contributed by atoms with Crippen LogP contribution in [0.1, 0.15) is 83.7 Å². The van der Waals surface area contributed by atoms with Gasteiger partial charge in [0, 0.05) is 59.2 Å². The Morgan fingerprint density at radius 1 is 0.393 bits per heavy atom. The number of carbonyl (C=O) groups excluding carboxylic acids is 5. The first kappa shape index (κ1) is 166. The van der Waals surface area contributed by atoms with Crippen LogP contribution in [0.3, 0.4) is 0 Å². The monoisotopic (exact) mass is 5690 g/mol. The van der Waals surface area contributed by atoms with E-state index in [-0.39, 0.29) is 156 Å². The summed E-state index contributed by atoms with van der Waals surface area (Å²) in [4.78, 5) is 88.0. The average Bonchev–Trinajstić information content (AvgIpc) is 0.865. The van der Waals surface area contributed by atoms with Gasteiger partial charge in [-0.05, 0) is 194 Å². The Bertz CT molecular complexity index is 5100. The predicted molar refractivity (Wildman–Crippen MR) is 839 cm³/mol. The second kappa shape index (κ2) is 108. The summed E-state index contributed by atoms with van der Waals surface area (Å²) in [6.45, 7) is 12.2. The molecule has 18 nitrogen and oxygen atoms in total. The number of nitrogens with two attached hydrogens (primary N) is 5. The zero-order valence-corrected chi connectivity index (χ0v) is 164. The first-order valence-electron chi connectivity index (χ1n) is 36.6. The Hall–Kier alpha value is 22.6. The fraction of sp³-hybridized carbons (Fsp3) is 0.189. The third kappa shape index (κ3) is 95.9. The molecule has 0 unspecified atom stereocenters. The first-order valence-corrected chi connectivity index (χ1v) is 255. The maximum atomic E-state index is 11.1. The van der Waals surface area contributed by atoms with Crippen LogP contribution in [-0.2, 0) is 80.1 Å². The quantitative estimate of drug-likeness (QED) is 0.0114. The second-order valence-corrected chi connectivity index (χ2v) is 552. The molecule has 0 fully saturated rings. The molecule has 5 amide bonds. The van der Waals surface area contributed by atoms with Crippen LogP contribution in [-0.4, -0.2) is 268 Å². The number of halogens is 36. The van der Waals surface area contributed by atoms with Crippen LogP contribution < -0.4 is 55.2 Å². The third-order valence-electron chi connectivity index (χ3n) is 13.4. The number of carboxylic acids is 1. The van der Waals surface area contributed by atoms with Gasteiger partial charge in [-0.2, -0.15) is 0 Å². The van der Waals surface area contributed by atoms with E-state index < -0.39 is 14.0 Å². The Kier molecular flexibility index (Phi) is 132. The van der Waals surface area contributed by atoms with E-state index in [1.54, 1.807) is 30.7 Å². The van der Waals surface area contributed by atoms with E-state index in [1.165, 1.54) is 189 Å². The van der Waals surface area contributed by atoms with E-state index in [0.717, 1.165) is 98.0 Å². The first-order chi connectivity index (χ1) is 63.3. The molecule has 0 spiro atoms. The molecule has 135 heavy (non-hydrogen) atoms. The summed E-state index contributed by atoms with van der Waals surface area (Å²) in [5.74, 6) is 9.14. The van der Waals surface area contributed by atoms with Gasteiger partial charge in [0.25, 0.3) is 0 Å². The molecule has 0 aliphatic carbocycles. The number of aliphatic carboxylic acids is 1. The van der Waals surface area contributed by atoms with Crippen molar-refractivity contribution in [2.24, 2.45) is 28.7 Å². The summed E-state index contributed by atoms with van der Waals surface area (Å²) < 4.78 is 2.09. The molecule has 9 rings (SSSR count). The van der Waals surface area contributed by atoms with E-state index >= 15 is 0 Å². The number of hydrogen-bond acceptors (Lipinski definition) is 12. The molecule has 730 valence electrons. The van der Waals surface area contributed by atoms with Crippen molar-refractivity contribution in [2.45, 2.75) is 91.8 Å². The summed E-state index contributed by atoms with van der Waals surface area (Å²) in [5, 5.41) is 9.50. The molecule has 0 radical (unpaired) electrons. The van der Waals surface area contributed by atoms with Gasteiger partial charge in [0.2, 0.25) is 45.4 Å². The van der Waals surface area contributed by atoms with Crippen LogP contribution in [0, 0.1) is 63.6 Å². The summed E-state index contributed by atoms with van der Waals surface area (Å²) >= 11 is 84.6. The molecule has 0 atom stereocenters. The van der Waals surface area contributed by atoms with E-state index in [0.29, 0.717) is 43.8 Å². The number of carbonyl (C=O) groups is 6. The van der Waals surface area contributed by atoms with Crippen LogP contribution in [0.25, 0.3) is 0 Å². The molecule has 9 aromatic rings. The normalized spacial score (nSPS) is 10.7. The molecular weight excluding hydrogens is 5620 g/mol. The van der Waals surface area contributed by atoms with Crippen molar-refractivity contribution in [3.05, 3.63) is 276 Å². The molecule has 3 heterocycles. The number of aromatic nitrogens is 6. The van der Waals surface area contributed by atoms with Gasteiger partial charge in [0.1, 0.15) is 18.9 Å². The van der Waals surface area contributed by atoms with Crippen LogP contribution in [0.15, 0.2) is 164 Å². The number of primary amides is 5. The van der Waals surface area contributed by atoms with E-state index in [2.05, 4.69) is 459 Å². The molecule has 0 saturated carbocycles. The van der Waals surface area contributed by atoms with Gasteiger partial charge in [0.15, 0.2) is 0 Å². The molecule has 3 aromatic heterocycles. The molecule has 0 aliphatic heterocycles. The number of aryl methyl sites for hydroxylation is 5. The Balaban J connectivity index is -0.000000465. The molecule has 0 saturated heterocycles. The maximum absolute atomic E-state index is 11.1. The number of nitrogens with zero attached hydrogens (tertiary/aromatic N) is 6. The molecule has 61 heteroatoms. The summed E-state index contributed by atoms with van der Waals surface area (Å²) in [5.41, 5.74) is 42.1. The standard InChI is InChI=1S/C15H16ClN3O.C15H12ClN3O.C13H17NOSi.C10H9NO.C8H8INO.C8H7IO2.C5H4Cl2N2.I9.I8.I7.I6.6K/c2*1-10-9-18-15(16)19-13(10)7-6-11-4-2-3-5-12(11)8-14(17)20;1-16(2,3)9-8-11-6-4-5-7-12(11)10-13(14)15;1-2-8-5-3-4-6-9(8)7-10(11)12;2*9-7-4-2-1-3-6(7)5-8(10)11;1-3-2-8-5(7)9-4(3)6;1-6-8(4)9(5)7(2)3;1-6(2)8(5)7(3)4;1-5-7(4)6(2)3;1-5(2)6(3)4;;;;;;/h2-5,9H,6-8H2,1H3,(H2,17,20);2-5,9H,8H2,1H3,(H2,17,20);4-7H,10H2,1-3H3,(H2,14,15);1,3-6H,7H2,(H2,11,12);1-4H,5H2,(H2,10,11);1-4H,5H2,(H,10,11);2H,1H3;;;;;;;;;;/q;;;;;;;-1;;-1;;;;;;;. The molecule has 6 aromatic carbocycles. The van der Waals surface area contributed by atoms with Gasteiger partial charge < -0.3 is 33.8 Å².